The highest BCUT2D eigenvalue weighted by atomic mass is 15.3. The van der Waals surface area contributed by atoms with E-state index in [1.54, 1.807) is 0 Å². The Morgan fingerprint density at radius 3 is 2.79 bits per heavy atom. The number of hydrogen-bond acceptors (Lipinski definition) is 3. The van der Waals surface area contributed by atoms with E-state index < -0.39 is 0 Å². The van der Waals surface area contributed by atoms with Gasteiger partial charge in [0.15, 0.2) is 0 Å². The highest BCUT2D eigenvalue weighted by molar-refractivity contribution is 5.46. The average Bonchev–Trinajstić information content (AvgIpc) is 2.45. The maximum Gasteiger partial charge on any atom is 0.0853 e. The molecule has 1 heterocycles. The predicted octanol–water partition coefficient (Wildman–Crippen LogP) is 0.956. The number of hydrogen-bond donors (Lipinski definition) is 1. The zero-order chi connectivity index (χ0) is 10.6. The third-order valence-electron chi connectivity index (χ3n) is 2.11. The van der Waals surface area contributed by atoms with Gasteiger partial charge in [0.25, 0.3) is 0 Å². The zero-order valence-corrected chi connectivity index (χ0v) is 9.54. The summed E-state index contributed by atoms with van der Waals surface area (Å²) in [4.78, 5) is 2.16. The van der Waals surface area contributed by atoms with Crippen LogP contribution < -0.4 is 5.32 Å². The maximum atomic E-state index is 4.37. The molecule has 0 radical (unpaired) electrons. The SMILES string of the molecule is CCc1nn(C)cc1NCCN(C)C. The summed E-state index contributed by atoms with van der Waals surface area (Å²) in [7, 11) is 6.10. The first-order valence-electron chi connectivity index (χ1n) is 5.04. The number of rotatable bonds is 5. The largest absolute Gasteiger partial charge is 0.381 e. The fourth-order valence-corrected chi connectivity index (χ4v) is 1.36. The first kappa shape index (κ1) is 11.0. The molecule has 0 saturated carbocycles. The number of nitrogens with zero attached hydrogens (tertiary/aromatic N) is 3. The lowest BCUT2D eigenvalue weighted by Crippen LogP contribution is -2.20. The van der Waals surface area contributed by atoms with Gasteiger partial charge < -0.3 is 10.2 Å². The summed E-state index contributed by atoms with van der Waals surface area (Å²) in [6.45, 7) is 4.13. The third kappa shape index (κ3) is 3.03. The van der Waals surface area contributed by atoms with Gasteiger partial charge in [-0.2, -0.15) is 5.10 Å². The van der Waals surface area contributed by atoms with Gasteiger partial charge >= 0.3 is 0 Å². The summed E-state index contributed by atoms with van der Waals surface area (Å²) in [6, 6.07) is 0. The fraction of sp³-hybridized carbons (Fsp3) is 0.700. The molecule has 4 heteroatoms. The van der Waals surface area contributed by atoms with Crippen LogP contribution in [0.15, 0.2) is 6.20 Å². The van der Waals surface area contributed by atoms with Crippen LogP contribution in [-0.2, 0) is 13.5 Å². The fourth-order valence-electron chi connectivity index (χ4n) is 1.36. The molecule has 0 aliphatic heterocycles. The minimum absolute atomic E-state index is 0.964. The summed E-state index contributed by atoms with van der Waals surface area (Å²) in [5.74, 6) is 0. The minimum Gasteiger partial charge on any atom is -0.381 e. The lowest BCUT2D eigenvalue weighted by molar-refractivity contribution is 0.425. The Balaban J connectivity index is 2.48. The number of nitrogens with one attached hydrogen (secondary N) is 1. The highest BCUT2D eigenvalue weighted by Gasteiger charge is 2.04. The molecular weight excluding hydrogens is 176 g/mol. The summed E-state index contributed by atoms with van der Waals surface area (Å²) >= 11 is 0. The van der Waals surface area contributed by atoms with Gasteiger partial charge in [-0.1, -0.05) is 6.92 Å². The van der Waals surface area contributed by atoms with Crippen molar-refractivity contribution in [3.8, 4) is 0 Å². The van der Waals surface area contributed by atoms with Gasteiger partial charge in [0.05, 0.1) is 11.4 Å². The molecule has 1 rings (SSSR count). The van der Waals surface area contributed by atoms with Gasteiger partial charge in [0.1, 0.15) is 0 Å². The zero-order valence-electron chi connectivity index (χ0n) is 9.54. The number of anilines is 1. The van der Waals surface area contributed by atoms with Crippen LogP contribution >= 0.6 is 0 Å². The van der Waals surface area contributed by atoms with Gasteiger partial charge in [-0.25, -0.2) is 0 Å². The number of aryl methyl sites for hydroxylation is 2. The van der Waals surface area contributed by atoms with E-state index in [2.05, 4.69) is 36.3 Å². The van der Waals surface area contributed by atoms with Crippen LogP contribution in [0.5, 0.6) is 0 Å². The van der Waals surface area contributed by atoms with E-state index in [1.807, 2.05) is 17.9 Å². The quantitative estimate of drug-likeness (QED) is 0.761. The van der Waals surface area contributed by atoms with Gasteiger partial charge in [-0.15, -0.1) is 0 Å². The van der Waals surface area contributed by atoms with E-state index in [-0.39, 0.29) is 0 Å². The average molecular weight is 196 g/mol. The van der Waals surface area contributed by atoms with Gasteiger partial charge in [0, 0.05) is 26.3 Å². The Kier molecular flexibility index (Phi) is 3.95. The van der Waals surface area contributed by atoms with Crippen molar-refractivity contribution in [3.63, 3.8) is 0 Å². The molecular formula is C10H20N4. The molecule has 0 fully saturated rings. The Labute approximate surface area is 85.9 Å². The molecule has 0 saturated heterocycles. The number of likely N-dealkylation sites (N-methyl/N-ethyl adjacent to an activating group) is 1. The van der Waals surface area contributed by atoms with E-state index in [9.17, 15) is 0 Å². The maximum absolute atomic E-state index is 4.37. The summed E-state index contributed by atoms with van der Waals surface area (Å²) in [5, 5.41) is 7.76. The molecule has 1 aromatic heterocycles. The van der Waals surface area contributed by atoms with Crippen molar-refractivity contribution in [3.05, 3.63) is 11.9 Å². The van der Waals surface area contributed by atoms with Crippen LogP contribution in [0.1, 0.15) is 12.6 Å². The Hall–Kier alpha value is -1.03. The van der Waals surface area contributed by atoms with Crippen molar-refractivity contribution in [1.82, 2.24) is 14.7 Å². The monoisotopic (exact) mass is 196 g/mol. The van der Waals surface area contributed by atoms with E-state index in [0.29, 0.717) is 0 Å². The molecule has 0 atom stereocenters. The molecule has 0 spiro atoms. The second kappa shape index (κ2) is 5.00. The standard InChI is InChI=1S/C10H20N4/c1-5-9-10(8-14(4)12-9)11-6-7-13(2)3/h8,11H,5-7H2,1-4H3. The Morgan fingerprint density at radius 2 is 2.21 bits per heavy atom. The summed E-state index contributed by atoms with van der Waals surface area (Å²) < 4.78 is 1.86. The molecule has 80 valence electrons. The lowest BCUT2D eigenvalue weighted by atomic mass is 10.3. The van der Waals surface area contributed by atoms with E-state index in [1.165, 1.54) is 0 Å². The Bertz CT molecular complexity index is 278. The van der Waals surface area contributed by atoms with Gasteiger partial charge in [0.2, 0.25) is 0 Å². The third-order valence-corrected chi connectivity index (χ3v) is 2.11. The van der Waals surface area contributed by atoms with E-state index in [4.69, 9.17) is 0 Å². The van der Waals surface area contributed by atoms with Crippen molar-refractivity contribution in [2.75, 3.05) is 32.5 Å². The highest BCUT2D eigenvalue weighted by Crippen LogP contribution is 2.12. The second-order valence-corrected chi connectivity index (χ2v) is 3.75. The van der Waals surface area contributed by atoms with Crippen LogP contribution in [0.4, 0.5) is 5.69 Å². The van der Waals surface area contributed by atoms with Crippen LogP contribution in [0, 0.1) is 0 Å². The van der Waals surface area contributed by atoms with Crippen molar-refractivity contribution in [1.29, 1.82) is 0 Å². The molecule has 0 bridgehead atoms. The van der Waals surface area contributed by atoms with E-state index >= 15 is 0 Å². The second-order valence-electron chi connectivity index (χ2n) is 3.75. The predicted molar refractivity (Wildman–Crippen MR) is 59.6 cm³/mol. The van der Waals surface area contributed by atoms with Crippen molar-refractivity contribution >= 4 is 5.69 Å². The lowest BCUT2D eigenvalue weighted by Gasteiger charge is -2.10. The molecule has 0 aromatic carbocycles. The summed E-state index contributed by atoms with van der Waals surface area (Å²) in [5.41, 5.74) is 2.31. The van der Waals surface area contributed by atoms with Crippen LogP contribution in [0.25, 0.3) is 0 Å². The van der Waals surface area contributed by atoms with Crippen molar-refractivity contribution in [2.45, 2.75) is 13.3 Å². The molecule has 0 unspecified atom stereocenters. The topological polar surface area (TPSA) is 33.1 Å². The minimum atomic E-state index is 0.964. The summed E-state index contributed by atoms with van der Waals surface area (Å²) in [6.07, 6.45) is 3.01. The van der Waals surface area contributed by atoms with Crippen LogP contribution in [0.2, 0.25) is 0 Å². The molecule has 4 nitrogen and oxygen atoms in total. The molecule has 14 heavy (non-hydrogen) atoms. The van der Waals surface area contributed by atoms with E-state index in [0.717, 1.165) is 30.9 Å². The van der Waals surface area contributed by atoms with Gasteiger partial charge in [-0.3, -0.25) is 4.68 Å². The van der Waals surface area contributed by atoms with Crippen LogP contribution in [-0.4, -0.2) is 41.9 Å². The normalized spacial score (nSPS) is 10.9. The first-order valence-corrected chi connectivity index (χ1v) is 5.04. The molecule has 0 aliphatic rings. The molecule has 0 amide bonds. The first-order chi connectivity index (χ1) is 6.63. The molecule has 1 aromatic rings. The van der Waals surface area contributed by atoms with Crippen LogP contribution in [0.3, 0.4) is 0 Å². The smallest absolute Gasteiger partial charge is 0.0853 e. The van der Waals surface area contributed by atoms with Crippen molar-refractivity contribution < 1.29 is 0 Å². The van der Waals surface area contributed by atoms with Crippen molar-refractivity contribution in [2.24, 2.45) is 7.05 Å². The number of aromatic nitrogens is 2. The molecule has 0 aliphatic carbocycles. The molecule has 1 N–H and O–H groups in total. The van der Waals surface area contributed by atoms with Gasteiger partial charge in [-0.05, 0) is 20.5 Å². The Morgan fingerprint density at radius 1 is 1.50 bits per heavy atom.